The topological polar surface area (TPSA) is 96.2 Å². The van der Waals surface area contributed by atoms with Crippen LogP contribution in [0.1, 0.15) is 13.3 Å². The van der Waals surface area contributed by atoms with Gasteiger partial charge in [0.1, 0.15) is 0 Å². The highest BCUT2D eigenvalue weighted by molar-refractivity contribution is 5.88. The predicted molar refractivity (Wildman–Crippen MR) is 68.7 cm³/mol. The Kier molecular flexibility index (Phi) is 3.84. The average molecular weight is 264 g/mol. The van der Waals surface area contributed by atoms with E-state index in [2.05, 4.69) is 15.7 Å². The number of carboxylic acid groups (broad SMARTS) is 1. The Morgan fingerprint density at radius 1 is 1.53 bits per heavy atom. The number of aliphatic carboxylic acids is 1. The minimum Gasteiger partial charge on any atom is -0.481 e. The highest BCUT2D eigenvalue weighted by atomic mass is 16.4. The van der Waals surface area contributed by atoms with Gasteiger partial charge in [0, 0.05) is 18.8 Å². The molecule has 0 aromatic carbocycles. The maximum atomic E-state index is 11.7. The standard InChI is InChI=1S/C12H16N4O3/c1-2-16-6-5-10(15-16)14-12(19)13-9-4-3-8(7-9)11(17)18/h3-6,8-9H,2,7H2,1H3,(H,17,18)(H2,13,14,15,19). The molecule has 0 radical (unpaired) electrons. The Morgan fingerprint density at radius 2 is 2.32 bits per heavy atom. The molecule has 19 heavy (non-hydrogen) atoms. The largest absolute Gasteiger partial charge is 0.481 e. The van der Waals surface area contributed by atoms with Gasteiger partial charge in [-0.3, -0.25) is 14.8 Å². The molecular weight excluding hydrogens is 248 g/mol. The van der Waals surface area contributed by atoms with Crippen molar-refractivity contribution in [1.82, 2.24) is 15.1 Å². The Bertz CT molecular complexity index is 509. The molecule has 2 rings (SSSR count). The number of aromatic nitrogens is 2. The van der Waals surface area contributed by atoms with Crippen molar-refractivity contribution in [3.8, 4) is 0 Å². The number of carbonyl (C=O) groups excluding carboxylic acids is 1. The van der Waals surface area contributed by atoms with Crippen molar-refractivity contribution >= 4 is 17.8 Å². The van der Waals surface area contributed by atoms with Crippen molar-refractivity contribution in [2.45, 2.75) is 25.9 Å². The summed E-state index contributed by atoms with van der Waals surface area (Å²) in [6, 6.07) is 1.06. The first-order valence-corrected chi connectivity index (χ1v) is 6.10. The van der Waals surface area contributed by atoms with Gasteiger partial charge in [-0.15, -0.1) is 0 Å². The van der Waals surface area contributed by atoms with E-state index < -0.39 is 11.9 Å². The Balaban J connectivity index is 1.82. The van der Waals surface area contributed by atoms with Crippen molar-refractivity contribution in [2.75, 3.05) is 5.32 Å². The van der Waals surface area contributed by atoms with Crippen LogP contribution in [0.25, 0.3) is 0 Å². The van der Waals surface area contributed by atoms with E-state index in [0.717, 1.165) is 6.54 Å². The van der Waals surface area contributed by atoms with E-state index >= 15 is 0 Å². The number of amides is 2. The molecule has 7 heteroatoms. The quantitative estimate of drug-likeness (QED) is 0.708. The predicted octanol–water partition coefficient (Wildman–Crippen LogP) is 1.05. The highest BCUT2D eigenvalue weighted by Crippen LogP contribution is 2.17. The lowest BCUT2D eigenvalue weighted by atomic mass is 10.1. The molecule has 2 amide bonds. The molecule has 0 aliphatic heterocycles. The summed E-state index contributed by atoms with van der Waals surface area (Å²) < 4.78 is 1.70. The Labute approximate surface area is 110 Å². The lowest BCUT2D eigenvalue weighted by Crippen LogP contribution is -2.36. The van der Waals surface area contributed by atoms with Crippen molar-refractivity contribution in [3.05, 3.63) is 24.4 Å². The number of hydrogen-bond donors (Lipinski definition) is 3. The minimum atomic E-state index is -0.873. The fourth-order valence-electron chi connectivity index (χ4n) is 1.91. The molecule has 2 atom stereocenters. The lowest BCUT2D eigenvalue weighted by Gasteiger charge is -2.12. The van der Waals surface area contributed by atoms with Crippen LogP contribution in [0.2, 0.25) is 0 Å². The summed E-state index contributed by atoms with van der Waals surface area (Å²) in [6.45, 7) is 2.68. The van der Waals surface area contributed by atoms with E-state index in [1.165, 1.54) is 0 Å². The summed E-state index contributed by atoms with van der Waals surface area (Å²) in [5, 5.41) is 18.3. The second-order valence-electron chi connectivity index (χ2n) is 4.33. The third-order valence-corrected chi connectivity index (χ3v) is 2.92. The number of rotatable bonds is 4. The smallest absolute Gasteiger partial charge is 0.320 e. The van der Waals surface area contributed by atoms with Crippen molar-refractivity contribution in [2.24, 2.45) is 5.92 Å². The molecular formula is C12H16N4O3. The molecule has 0 bridgehead atoms. The van der Waals surface area contributed by atoms with Gasteiger partial charge in [-0.05, 0) is 13.3 Å². The molecule has 1 aliphatic rings. The first-order chi connectivity index (χ1) is 9.08. The van der Waals surface area contributed by atoms with E-state index in [-0.39, 0.29) is 12.1 Å². The van der Waals surface area contributed by atoms with Gasteiger partial charge in [0.2, 0.25) is 0 Å². The summed E-state index contributed by atoms with van der Waals surface area (Å²) in [5.74, 6) is -0.927. The van der Waals surface area contributed by atoms with Crippen molar-refractivity contribution in [1.29, 1.82) is 0 Å². The van der Waals surface area contributed by atoms with Crippen LogP contribution in [0.4, 0.5) is 10.6 Å². The van der Waals surface area contributed by atoms with Gasteiger partial charge in [0.05, 0.1) is 12.0 Å². The monoisotopic (exact) mass is 264 g/mol. The Morgan fingerprint density at radius 3 is 2.89 bits per heavy atom. The molecule has 102 valence electrons. The number of hydrogen-bond acceptors (Lipinski definition) is 3. The molecule has 0 spiro atoms. The summed E-state index contributed by atoms with van der Waals surface area (Å²) in [7, 11) is 0. The van der Waals surface area contributed by atoms with Crippen LogP contribution in [0.5, 0.6) is 0 Å². The van der Waals surface area contributed by atoms with Gasteiger partial charge in [0.25, 0.3) is 0 Å². The van der Waals surface area contributed by atoms with Gasteiger partial charge in [-0.1, -0.05) is 12.2 Å². The van der Waals surface area contributed by atoms with E-state index in [1.54, 1.807) is 29.1 Å². The van der Waals surface area contributed by atoms with Gasteiger partial charge in [-0.2, -0.15) is 5.10 Å². The highest BCUT2D eigenvalue weighted by Gasteiger charge is 2.25. The number of nitrogens with zero attached hydrogens (tertiary/aromatic N) is 2. The zero-order valence-electron chi connectivity index (χ0n) is 10.5. The maximum absolute atomic E-state index is 11.7. The summed E-state index contributed by atoms with van der Waals surface area (Å²) in [5.41, 5.74) is 0. The molecule has 0 fully saturated rings. The minimum absolute atomic E-state index is 0.255. The summed E-state index contributed by atoms with van der Waals surface area (Å²) in [4.78, 5) is 22.5. The van der Waals surface area contributed by atoms with Crippen LogP contribution in [-0.4, -0.2) is 32.9 Å². The van der Waals surface area contributed by atoms with E-state index in [9.17, 15) is 9.59 Å². The number of carboxylic acids is 1. The first kappa shape index (κ1) is 13.1. The molecule has 2 unspecified atom stereocenters. The number of anilines is 1. The molecule has 3 N–H and O–H groups in total. The Hall–Kier alpha value is -2.31. The molecule has 1 aromatic rings. The van der Waals surface area contributed by atoms with Gasteiger partial charge >= 0.3 is 12.0 Å². The van der Waals surface area contributed by atoms with E-state index in [1.807, 2.05) is 6.92 Å². The summed E-state index contributed by atoms with van der Waals surface area (Å²) in [6.07, 6.45) is 5.44. The number of carbonyl (C=O) groups is 2. The number of urea groups is 1. The van der Waals surface area contributed by atoms with Crippen molar-refractivity contribution < 1.29 is 14.7 Å². The fraction of sp³-hybridized carbons (Fsp3) is 0.417. The maximum Gasteiger partial charge on any atom is 0.320 e. The normalized spacial score (nSPS) is 21.3. The molecule has 1 aliphatic carbocycles. The first-order valence-electron chi connectivity index (χ1n) is 6.10. The van der Waals surface area contributed by atoms with Crippen molar-refractivity contribution in [3.63, 3.8) is 0 Å². The second-order valence-corrected chi connectivity index (χ2v) is 4.33. The number of aryl methyl sites for hydroxylation is 1. The van der Waals surface area contributed by atoms with Gasteiger partial charge < -0.3 is 10.4 Å². The fourth-order valence-corrected chi connectivity index (χ4v) is 1.91. The molecule has 1 aromatic heterocycles. The van der Waals surface area contributed by atoms with E-state index in [0.29, 0.717) is 12.2 Å². The van der Waals surface area contributed by atoms with Crippen LogP contribution >= 0.6 is 0 Å². The average Bonchev–Trinajstić information content (AvgIpc) is 2.98. The third kappa shape index (κ3) is 3.34. The molecule has 7 nitrogen and oxygen atoms in total. The second kappa shape index (κ2) is 5.55. The van der Waals surface area contributed by atoms with Gasteiger partial charge in [0.15, 0.2) is 5.82 Å². The van der Waals surface area contributed by atoms with E-state index in [4.69, 9.17) is 5.11 Å². The van der Waals surface area contributed by atoms with Gasteiger partial charge in [-0.25, -0.2) is 4.79 Å². The summed E-state index contributed by atoms with van der Waals surface area (Å²) >= 11 is 0. The molecule has 1 heterocycles. The van der Waals surface area contributed by atoms with Crippen LogP contribution in [0.15, 0.2) is 24.4 Å². The van der Waals surface area contributed by atoms with Crippen LogP contribution in [-0.2, 0) is 11.3 Å². The molecule has 0 saturated heterocycles. The zero-order chi connectivity index (χ0) is 13.8. The zero-order valence-corrected chi connectivity index (χ0v) is 10.5. The van der Waals surface area contributed by atoms with Crippen LogP contribution < -0.4 is 10.6 Å². The lowest BCUT2D eigenvalue weighted by molar-refractivity contribution is -0.140. The SMILES string of the molecule is CCn1ccc(NC(=O)NC2C=CC(C(=O)O)C2)n1. The molecule has 0 saturated carbocycles. The van der Waals surface area contributed by atoms with Crippen LogP contribution in [0.3, 0.4) is 0 Å². The third-order valence-electron chi connectivity index (χ3n) is 2.92. The number of nitrogens with one attached hydrogen (secondary N) is 2. The van der Waals surface area contributed by atoms with Crippen LogP contribution in [0, 0.1) is 5.92 Å².